The Morgan fingerprint density at radius 2 is 2.04 bits per heavy atom. The molecule has 0 aliphatic heterocycles. The van der Waals surface area contributed by atoms with Crippen LogP contribution >= 0.6 is 34.8 Å². The van der Waals surface area contributed by atoms with Gasteiger partial charge in [0.25, 0.3) is 0 Å². The van der Waals surface area contributed by atoms with E-state index < -0.39 is 0 Å². The SMILES string of the molecule is COc1cc(C=C(C#N)C(N)=S)cc(I)c1OCc1ccccc1C#N. The monoisotopic (exact) mass is 475 g/mol. The minimum Gasteiger partial charge on any atom is -0.493 e. The van der Waals surface area contributed by atoms with Crippen LogP contribution in [0.25, 0.3) is 6.08 Å². The minimum absolute atomic E-state index is 0.0370. The number of ether oxygens (including phenoxy) is 2. The Labute approximate surface area is 170 Å². The van der Waals surface area contributed by atoms with Crippen molar-refractivity contribution in [1.82, 2.24) is 0 Å². The molecule has 2 aromatic carbocycles. The van der Waals surface area contributed by atoms with Gasteiger partial charge in [0.05, 0.1) is 27.9 Å². The third kappa shape index (κ3) is 4.72. The Hall–Kier alpha value is -2.62. The fourth-order valence-corrected chi connectivity index (χ4v) is 3.08. The van der Waals surface area contributed by atoms with Crippen LogP contribution in [0.2, 0.25) is 0 Å². The number of nitrogens with zero attached hydrogens (tertiary/aromatic N) is 2. The zero-order chi connectivity index (χ0) is 19.1. The van der Waals surface area contributed by atoms with Crippen LogP contribution in [0.15, 0.2) is 42.0 Å². The second-order valence-corrected chi connectivity index (χ2v) is 6.73. The van der Waals surface area contributed by atoms with E-state index in [9.17, 15) is 5.26 Å². The summed E-state index contributed by atoms with van der Waals surface area (Å²) in [6, 6.07) is 14.9. The lowest BCUT2D eigenvalue weighted by Gasteiger charge is -2.14. The molecule has 0 bridgehead atoms. The van der Waals surface area contributed by atoms with Gasteiger partial charge in [-0.2, -0.15) is 10.5 Å². The van der Waals surface area contributed by atoms with Gasteiger partial charge in [0.15, 0.2) is 11.5 Å². The summed E-state index contributed by atoms with van der Waals surface area (Å²) in [7, 11) is 1.54. The van der Waals surface area contributed by atoms with Gasteiger partial charge in [-0.1, -0.05) is 30.4 Å². The Kier molecular flexibility index (Phi) is 6.96. The Morgan fingerprint density at radius 1 is 1.31 bits per heavy atom. The van der Waals surface area contributed by atoms with Crippen LogP contribution in [-0.2, 0) is 6.61 Å². The molecule has 0 fully saturated rings. The van der Waals surface area contributed by atoms with Crippen molar-refractivity contribution in [3.05, 3.63) is 62.2 Å². The second-order valence-electron chi connectivity index (χ2n) is 5.13. The number of hydrogen-bond acceptors (Lipinski definition) is 5. The summed E-state index contributed by atoms with van der Waals surface area (Å²) in [4.78, 5) is 0.0370. The van der Waals surface area contributed by atoms with Gasteiger partial charge in [-0.05, 0) is 52.4 Å². The molecule has 0 heterocycles. The first-order valence-corrected chi connectivity index (χ1v) is 8.88. The summed E-state index contributed by atoms with van der Waals surface area (Å²) in [5, 5.41) is 18.3. The van der Waals surface area contributed by atoms with Gasteiger partial charge in [0, 0.05) is 5.56 Å². The van der Waals surface area contributed by atoms with Gasteiger partial charge < -0.3 is 15.2 Å². The lowest BCUT2D eigenvalue weighted by molar-refractivity contribution is 0.282. The molecule has 2 N–H and O–H groups in total. The Bertz CT molecular complexity index is 958. The summed E-state index contributed by atoms with van der Waals surface area (Å²) in [5.74, 6) is 1.07. The largest absolute Gasteiger partial charge is 0.493 e. The molecule has 0 aliphatic carbocycles. The predicted octanol–water partition coefficient (Wildman–Crippen LogP) is 3.94. The molecule has 0 aromatic heterocycles. The first-order chi connectivity index (χ1) is 12.5. The molecule has 0 spiro atoms. The van der Waals surface area contributed by atoms with Crippen LogP contribution in [0.4, 0.5) is 0 Å². The van der Waals surface area contributed by atoms with E-state index in [-0.39, 0.29) is 17.2 Å². The third-order valence-corrected chi connectivity index (χ3v) is 4.48. The van der Waals surface area contributed by atoms with Crippen LogP contribution in [0, 0.1) is 26.2 Å². The van der Waals surface area contributed by atoms with E-state index >= 15 is 0 Å². The number of hydrogen-bond donors (Lipinski definition) is 1. The number of nitrogens with two attached hydrogens (primary N) is 1. The van der Waals surface area contributed by atoms with Crippen LogP contribution in [0.5, 0.6) is 11.5 Å². The van der Waals surface area contributed by atoms with E-state index in [4.69, 9.17) is 32.7 Å². The molecule has 2 aromatic rings. The lowest BCUT2D eigenvalue weighted by atomic mass is 10.1. The molecule has 2 rings (SSSR count). The maximum absolute atomic E-state index is 9.17. The van der Waals surface area contributed by atoms with E-state index in [1.54, 1.807) is 18.2 Å². The standard InChI is InChI=1S/C19H14IN3O2S/c1-24-17-8-12(6-15(10-22)19(23)26)7-16(20)18(17)25-11-14-5-3-2-4-13(14)9-21/h2-8H,11H2,1H3,(H2,23,26). The van der Waals surface area contributed by atoms with Gasteiger partial charge in [0.1, 0.15) is 17.7 Å². The molecule has 7 heteroatoms. The molecule has 26 heavy (non-hydrogen) atoms. The number of nitriles is 2. The number of benzene rings is 2. The number of methoxy groups -OCH3 is 1. The van der Waals surface area contributed by atoms with Crippen LogP contribution in [0.3, 0.4) is 0 Å². The third-order valence-electron chi connectivity index (χ3n) is 3.46. The first-order valence-electron chi connectivity index (χ1n) is 7.40. The molecule has 0 atom stereocenters. The molecule has 5 nitrogen and oxygen atoms in total. The van der Waals surface area contributed by atoms with Crippen molar-refractivity contribution in [3.8, 4) is 23.6 Å². The second kappa shape index (κ2) is 9.18. The van der Waals surface area contributed by atoms with E-state index in [1.165, 1.54) is 7.11 Å². The van der Waals surface area contributed by atoms with Crippen molar-refractivity contribution in [2.45, 2.75) is 6.61 Å². The zero-order valence-electron chi connectivity index (χ0n) is 13.8. The van der Waals surface area contributed by atoms with Crippen LogP contribution in [-0.4, -0.2) is 12.1 Å². The Balaban J connectivity index is 2.34. The van der Waals surface area contributed by atoms with Gasteiger partial charge in [0.2, 0.25) is 0 Å². The number of thiocarbonyl (C=S) groups is 1. The Morgan fingerprint density at radius 3 is 2.65 bits per heavy atom. The van der Waals surface area contributed by atoms with Crippen molar-refractivity contribution in [3.63, 3.8) is 0 Å². The predicted molar refractivity (Wildman–Crippen MR) is 112 cm³/mol. The molecule has 0 saturated heterocycles. The molecule has 0 saturated carbocycles. The normalized spacial score (nSPS) is 10.5. The van der Waals surface area contributed by atoms with E-state index in [0.717, 1.165) is 14.7 Å². The quantitative estimate of drug-likeness (QED) is 0.295. The molecule has 0 aliphatic rings. The average Bonchev–Trinajstić information content (AvgIpc) is 2.64. The van der Waals surface area contributed by atoms with Crippen molar-refractivity contribution < 1.29 is 9.47 Å². The fraction of sp³-hybridized carbons (Fsp3) is 0.105. The zero-order valence-corrected chi connectivity index (χ0v) is 16.8. The topological polar surface area (TPSA) is 92.1 Å². The molecule has 0 radical (unpaired) electrons. The van der Waals surface area contributed by atoms with Crippen LogP contribution in [0.1, 0.15) is 16.7 Å². The van der Waals surface area contributed by atoms with Gasteiger partial charge in [-0.15, -0.1) is 0 Å². The average molecular weight is 475 g/mol. The molecule has 0 amide bonds. The van der Waals surface area contributed by atoms with Crippen LogP contribution < -0.4 is 15.2 Å². The maximum atomic E-state index is 9.17. The first kappa shape index (κ1) is 19.7. The highest BCUT2D eigenvalue weighted by Crippen LogP contribution is 2.35. The highest BCUT2D eigenvalue weighted by molar-refractivity contribution is 14.1. The van der Waals surface area contributed by atoms with E-state index in [2.05, 4.69) is 28.7 Å². The van der Waals surface area contributed by atoms with Gasteiger partial charge >= 0.3 is 0 Å². The molecular weight excluding hydrogens is 461 g/mol. The lowest BCUT2D eigenvalue weighted by Crippen LogP contribution is -2.09. The number of halogens is 1. The summed E-state index contributed by atoms with van der Waals surface area (Å²) < 4.78 is 12.1. The summed E-state index contributed by atoms with van der Waals surface area (Å²) in [6.45, 7) is 0.238. The maximum Gasteiger partial charge on any atom is 0.174 e. The van der Waals surface area contributed by atoms with E-state index in [1.807, 2.05) is 30.3 Å². The van der Waals surface area contributed by atoms with E-state index in [0.29, 0.717) is 17.1 Å². The van der Waals surface area contributed by atoms with Crippen molar-refractivity contribution in [1.29, 1.82) is 10.5 Å². The molecular formula is C19H14IN3O2S. The van der Waals surface area contributed by atoms with Crippen molar-refractivity contribution in [2.24, 2.45) is 5.73 Å². The highest BCUT2D eigenvalue weighted by Gasteiger charge is 2.13. The molecule has 130 valence electrons. The van der Waals surface area contributed by atoms with Crippen molar-refractivity contribution in [2.75, 3.05) is 7.11 Å². The molecule has 0 unspecified atom stereocenters. The number of rotatable bonds is 6. The smallest absolute Gasteiger partial charge is 0.174 e. The highest BCUT2D eigenvalue weighted by atomic mass is 127. The van der Waals surface area contributed by atoms with Gasteiger partial charge in [-0.3, -0.25) is 0 Å². The minimum atomic E-state index is 0.0370. The van der Waals surface area contributed by atoms with Crippen molar-refractivity contribution >= 4 is 45.9 Å². The fourth-order valence-electron chi connectivity index (χ4n) is 2.19. The van der Waals surface area contributed by atoms with Gasteiger partial charge in [-0.25, -0.2) is 0 Å². The summed E-state index contributed by atoms with van der Waals surface area (Å²) in [6.07, 6.45) is 1.60. The summed E-state index contributed by atoms with van der Waals surface area (Å²) >= 11 is 6.98. The summed E-state index contributed by atoms with van der Waals surface area (Å²) in [5.41, 5.74) is 7.82.